The zero-order valence-corrected chi connectivity index (χ0v) is 18.4. The number of hydrogen-bond acceptors (Lipinski definition) is 3. The summed E-state index contributed by atoms with van der Waals surface area (Å²) in [7, 11) is 0. The molecule has 1 atom stereocenters. The molecule has 1 heterocycles. The van der Waals surface area contributed by atoms with E-state index in [4.69, 9.17) is 0 Å². The second-order valence-electron chi connectivity index (χ2n) is 7.64. The molecule has 0 bridgehead atoms. The highest BCUT2D eigenvalue weighted by Crippen LogP contribution is 2.43. The fraction of sp³-hybridized carbons (Fsp3) is 0.231. The van der Waals surface area contributed by atoms with E-state index >= 15 is 0 Å². The molecule has 158 valence electrons. The van der Waals surface area contributed by atoms with E-state index in [2.05, 4.69) is 18.3 Å². The molecule has 4 rings (SSSR count). The van der Waals surface area contributed by atoms with Crippen molar-refractivity contribution < 1.29 is 9.59 Å². The zero-order chi connectivity index (χ0) is 21.6. The van der Waals surface area contributed by atoms with Crippen molar-refractivity contribution in [1.29, 1.82) is 0 Å². The van der Waals surface area contributed by atoms with Crippen LogP contribution in [0.3, 0.4) is 0 Å². The van der Waals surface area contributed by atoms with E-state index < -0.39 is 0 Å². The van der Waals surface area contributed by atoms with Crippen molar-refractivity contribution in [3.05, 3.63) is 95.6 Å². The van der Waals surface area contributed by atoms with Crippen LogP contribution in [0.1, 0.15) is 35.4 Å². The minimum atomic E-state index is -0.100. The minimum Gasteiger partial charge on any atom is -0.326 e. The summed E-state index contributed by atoms with van der Waals surface area (Å²) in [5.41, 5.74) is 4.92. The molecule has 1 aliphatic heterocycles. The van der Waals surface area contributed by atoms with Crippen LogP contribution in [0, 0.1) is 0 Å². The molecule has 2 amide bonds. The molecular weight excluding hydrogens is 404 g/mol. The Balaban J connectivity index is 1.55. The smallest absolute Gasteiger partial charge is 0.238 e. The van der Waals surface area contributed by atoms with Crippen LogP contribution in [0.2, 0.25) is 0 Å². The van der Waals surface area contributed by atoms with Crippen LogP contribution in [0.4, 0.5) is 11.4 Å². The lowest BCUT2D eigenvalue weighted by Gasteiger charge is -2.27. The third kappa shape index (κ3) is 5.00. The number of nitrogens with zero attached hydrogens (tertiary/aromatic N) is 1. The fourth-order valence-corrected chi connectivity index (χ4v) is 5.07. The van der Waals surface area contributed by atoms with Gasteiger partial charge in [-0.15, -0.1) is 11.8 Å². The number of hydrogen-bond donors (Lipinski definition) is 1. The van der Waals surface area contributed by atoms with Gasteiger partial charge in [0.25, 0.3) is 0 Å². The number of anilines is 2. The Morgan fingerprint density at radius 2 is 1.81 bits per heavy atom. The predicted octanol–water partition coefficient (Wildman–Crippen LogP) is 5.60. The van der Waals surface area contributed by atoms with Gasteiger partial charge >= 0.3 is 0 Å². The van der Waals surface area contributed by atoms with Crippen molar-refractivity contribution in [3.63, 3.8) is 0 Å². The Bertz CT molecular complexity index is 1070. The first-order chi connectivity index (χ1) is 15.2. The number of benzene rings is 3. The van der Waals surface area contributed by atoms with Gasteiger partial charge in [0.15, 0.2) is 0 Å². The summed E-state index contributed by atoms with van der Waals surface area (Å²) >= 11 is 1.63. The van der Waals surface area contributed by atoms with E-state index in [1.54, 1.807) is 11.8 Å². The molecule has 0 aliphatic carbocycles. The van der Waals surface area contributed by atoms with Crippen LogP contribution < -0.4 is 10.2 Å². The summed E-state index contributed by atoms with van der Waals surface area (Å²) in [6.07, 6.45) is 2.30. The van der Waals surface area contributed by atoms with Gasteiger partial charge in [-0.05, 0) is 41.3 Å². The van der Waals surface area contributed by atoms with Crippen molar-refractivity contribution in [1.82, 2.24) is 0 Å². The Morgan fingerprint density at radius 3 is 2.61 bits per heavy atom. The highest BCUT2D eigenvalue weighted by Gasteiger charge is 2.35. The van der Waals surface area contributed by atoms with Crippen LogP contribution in [-0.4, -0.2) is 17.6 Å². The largest absolute Gasteiger partial charge is 0.326 e. The molecule has 3 aromatic carbocycles. The first kappa shape index (κ1) is 21.2. The second-order valence-corrected chi connectivity index (χ2v) is 8.71. The summed E-state index contributed by atoms with van der Waals surface area (Å²) in [5.74, 6) is 0.524. The molecule has 0 aromatic heterocycles. The summed E-state index contributed by atoms with van der Waals surface area (Å²) in [6, 6.07) is 25.7. The molecule has 0 saturated carbocycles. The van der Waals surface area contributed by atoms with Gasteiger partial charge in [0.2, 0.25) is 11.8 Å². The highest BCUT2D eigenvalue weighted by atomic mass is 32.2. The SMILES string of the molecule is CCCc1ccccc1N1C(=O)CSC1c1cccc(NC(=O)Cc2ccccc2)c1. The Labute approximate surface area is 187 Å². The third-order valence-corrected chi connectivity index (χ3v) is 6.51. The molecule has 1 saturated heterocycles. The first-order valence-electron chi connectivity index (χ1n) is 10.6. The minimum absolute atomic E-state index is 0.0522. The molecule has 31 heavy (non-hydrogen) atoms. The maximum Gasteiger partial charge on any atom is 0.238 e. The van der Waals surface area contributed by atoms with E-state index in [0.29, 0.717) is 12.2 Å². The zero-order valence-electron chi connectivity index (χ0n) is 17.6. The Morgan fingerprint density at radius 1 is 1.03 bits per heavy atom. The number of para-hydroxylation sites is 1. The Kier molecular flexibility index (Phi) is 6.73. The molecule has 1 N–H and O–H groups in total. The summed E-state index contributed by atoms with van der Waals surface area (Å²) < 4.78 is 0. The summed E-state index contributed by atoms with van der Waals surface area (Å²) in [5, 5.41) is 2.90. The van der Waals surface area contributed by atoms with Crippen LogP contribution in [0.15, 0.2) is 78.9 Å². The van der Waals surface area contributed by atoms with Crippen molar-refractivity contribution in [3.8, 4) is 0 Å². The van der Waals surface area contributed by atoms with Crippen molar-refractivity contribution in [2.45, 2.75) is 31.6 Å². The van der Waals surface area contributed by atoms with Gasteiger partial charge < -0.3 is 5.32 Å². The van der Waals surface area contributed by atoms with Gasteiger partial charge in [0, 0.05) is 11.4 Å². The number of rotatable bonds is 7. The average Bonchev–Trinajstić information content (AvgIpc) is 3.16. The molecule has 0 radical (unpaired) electrons. The molecule has 1 fully saturated rings. The van der Waals surface area contributed by atoms with Gasteiger partial charge in [0.05, 0.1) is 12.2 Å². The van der Waals surface area contributed by atoms with E-state index in [0.717, 1.165) is 35.3 Å². The highest BCUT2D eigenvalue weighted by molar-refractivity contribution is 8.00. The van der Waals surface area contributed by atoms with Gasteiger partial charge in [-0.3, -0.25) is 14.5 Å². The van der Waals surface area contributed by atoms with E-state index in [1.165, 1.54) is 5.56 Å². The first-order valence-corrected chi connectivity index (χ1v) is 11.7. The molecule has 5 heteroatoms. The fourth-order valence-electron chi connectivity index (χ4n) is 3.91. The van der Waals surface area contributed by atoms with Crippen molar-refractivity contribution >= 4 is 35.0 Å². The third-order valence-electron chi connectivity index (χ3n) is 5.30. The number of aryl methyl sites for hydroxylation is 1. The van der Waals surface area contributed by atoms with Crippen LogP contribution in [0.5, 0.6) is 0 Å². The lowest BCUT2D eigenvalue weighted by molar-refractivity contribution is -0.116. The normalized spacial score (nSPS) is 15.8. The standard InChI is InChI=1S/C26H26N2O2S/c1-2-9-20-12-6-7-15-23(20)28-25(30)18-31-26(28)21-13-8-14-22(17-21)27-24(29)16-19-10-4-3-5-11-19/h3-8,10-15,17,26H,2,9,16,18H2,1H3,(H,27,29). The molecule has 1 unspecified atom stereocenters. The van der Waals surface area contributed by atoms with Crippen molar-refractivity contribution in [2.24, 2.45) is 0 Å². The average molecular weight is 431 g/mol. The van der Waals surface area contributed by atoms with Crippen LogP contribution in [0.25, 0.3) is 0 Å². The van der Waals surface area contributed by atoms with Gasteiger partial charge in [-0.2, -0.15) is 0 Å². The summed E-state index contributed by atoms with van der Waals surface area (Å²) in [4.78, 5) is 27.2. The number of amides is 2. The van der Waals surface area contributed by atoms with Crippen LogP contribution in [-0.2, 0) is 22.4 Å². The van der Waals surface area contributed by atoms with Gasteiger partial charge in [-0.25, -0.2) is 0 Å². The molecular formula is C26H26N2O2S. The van der Waals surface area contributed by atoms with Gasteiger partial charge in [0.1, 0.15) is 5.37 Å². The maximum atomic E-state index is 12.8. The number of carbonyl (C=O) groups is 2. The Hall–Kier alpha value is -3.05. The second kappa shape index (κ2) is 9.84. The topological polar surface area (TPSA) is 49.4 Å². The van der Waals surface area contributed by atoms with Gasteiger partial charge in [-0.1, -0.05) is 74.0 Å². The monoisotopic (exact) mass is 430 g/mol. The van der Waals surface area contributed by atoms with Crippen LogP contribution >= 0.6 is 11.8 Å². The summed E-state index contributed by atoms with van der Waals surface area (Å²) in [6.45, 7) is 2.15. The van der Waals surface area contributed by atoms with E-state index in [9.17, 15) is 9.59 Å². The molecule has 1 aliphatic rings. The van der Waals surface area contributed by atoms with E-state index in [-0.39, 0.29) is 17.2 Å². The molecule has 4 nitrogen and oxygen atoms in total. The lowest BCUT2D eigenvalue weighted by Crippen LogP contribution is -2.28. The predicted molar refractivity (Wildman–Crippen MR) is 128 cm³/mol. The number of thioether (sulfide) groups is 1. The molecule has 0 spiro atoms. The maximum absolute atomic E-state index is 12.8. The van der Waals surface area contributed by atoms with Crippen molar-refractivity contribution in [2.75, 3.05) is 16.0 Å². The lowest BCUT2D eigenvalue weighted by atomic mass is 10.1. The number of nitrogens with one attached hydrogen (secondary N) is 1. The quantitative estimate of drug-likeness (QED) is 0.531. The molecule has 3 aromatic rings. The van der Waals surface area contributed by atoms with E-state index in [1.807, 2.05) is 77.7 Å². The number of carbonyl (C=O) groups excluding carboxylic acids is 2.